The minimum atomic E-state index is -0.184. The molecule has 0 radical (unpaired) electrons. The molecule has 0 aromatic heterocycles. The van der Waals surface area contributed by atoms with Gasteiger partial charge in [-0.2, -0.15) is 0 Å². The second-order valence-electron chi connectivity index (χ2n) is 4.69. The van der Waals surface area contributed by atoms with Crippen LogP contribution in [0.4, 0.5) is 5.69 Å². The van der Waals surface area contributed by atoms with Crippen LogP contribution in [0.2, 0.25) is 0 Å². The van der Waals surface area contributed by atoms with Crippen molar-refractivity contribution in [3.63, 3.8) is 0 Å². The first kappa shape index (κ1) is 9.58. The monoisotopic (exact) mass is 214 g/mol. The molecule has 1 atom stereocenters. The topological polar surface area (TPSA) is 32.7 Å². The average Bonchev–Trinajstić information content (AvgIpc) is 2.64. The van der Waals surface area contributed by atoms with Crippen LogP contribution in [0, 0.1) is 0 Å². The van der Waals surface area contributed by atoms with Crippen LogP contribution in [0.5, 0.6) is 0 Å². The van der Waals surface area contributed by atoms with E-state index < -0.39 is 0 Å². The summed E-state index contributed by atoms with van der Waals surface area (Å²) in [7, 11) is 0. The minimum absolute atomic E-state index is 0.119. The molecule has 3 heteroatoms. The predicted octanol–water partition coefficient (Wildman–Crippen LogP) is 2.40. The SMILES string of the molecule is C[C@]12C=Nc3ccccc3C(=O)N1CCC2. The van der Waals surface area contributed by atoms with E-state index in [1.54, 1.807) is 0 Å². The van der Waals surface area contributed by atoms with E-state index in [1.807, 2.05) is 35.4 Å². The molecule has 1 fully saturated rings. The number of benzene rings is 1. The lowest BCUT2D eigenvalue weighted by molar-refractivity contribution is 0.0712. The van der Waals surface area contributed by atoms with Crippen molar-refractivity contribution in [1.29, 1.82) is 0 Å². The van der Waals surface area contributed by atoms with Gasteiger partial charge in [0.15, 0.2) is 0 Å². The Morgan fingerprint density at radius 3 is 3.06 bits per heavy atom. The molecule has 0 N–H and O–H groups in total. The highest BCUT2D eigenvalue weighted by Crippen LogP contribution is 2.34. The molecule has 1 saturated heterocycles. The van der Waals surface area contributed by atoms with E-state index in [1.165, 1.54) is 0 Å². The lowest BCUT2D eigenvalue weighted by Crippen LogP contribution is -2.45. The van der Waals surface area contributed by atoms with E-state index >= 15 is 0 Å². The van der Waals surface area contributed by atoms with Crippen molar-refractivity contribution >= 4 is 17.8 Å². The van der Waals surface area contributed by atoms with Gasteiger partial charge >= 0.3 is 0 Å². The van der Waals surface area contributed by atoms with E-state index in [9.17, 15) is 4.79 Å². The number of amides is 1. The van der Waals surface area contributed by atoms with Crippen molar-refractivity contribution < 1.29 is 4.79 Å². The largest absolute Gasteiger partial charge is 0.328 e. The number of rotatable bonds is 0. The van der Waals surface area contributed by atoms with Crippen molar-refractivity contribution in [3.05, 3.63) is 29.8 Å². The van der Waals surface area contributed by atoms with Gasteiger partial charge in [0.1, 0.15) is 0 Å². The summed E-state index contributed by atoms with van der Waals surface area (Å²) in [6.07, 6.45) is 4.01. The number of nitrogens with zero attached hydrogens (tertiary/aromatic N) is 2. The fourth-order valence-corrected chi connectivity index (χ4v) is 2.57. The van der Waals surface area contributed by atoms with Gasteiger partial charge in [-0.1, -0.05) is 12.1 Å². The van der Waals surface area contributed by atoms with Gasteiger partial charge in [-0.3, -0.25) is 9.79 Å². The molecule has 3 nitrogen and oxygen atoms in total. The van der Waals surface area contributed by atoms with E-state index in [2.05, 4.69) is 11.9 Å². The van der Waals surface area contributed by atoms with Gasteiger partial charge in [0, 0.05) is 12.8 Å². The van der Waals surface area contributed by atoms with Crippen LogP contribution >= 0.6 is 0 Å². The Labute approximate surface area is 94.8 Å². The van der Waals surface area contributed by atoms with Gasteiger partial charge in [0.2, 0.25) is 0 Å². The van der Waals surface area contributed by atoms with Crippen molar-refractivity contribution in [3.8, 4) is 0 Å². The normalized spacial score (nSPS) is 27.6. The molecule has 0 aliphatic carbocycles. The molecule has 0 bridgehead atoms. The van der Waals surface area contributed by atoms with Crippen LogP contribution < -0.4 is 0 Å². The van der Waals surface area contributed by atoms with Crippen molar-refractivity contribution in [1.82, 2.24) is 4.90 Å². The van der Waals surface area contributed by atoms with Crippen molar-refractivity contribution in [2.45, 2.75) is 25.3 Å². The molecule has 1 aromatic rings. The summed E-state index contributed by atoms with van der Waals surface area (Å²) >= 11 is 0. The molecule has 82 valence electrons. The van der Waals surface area contributed by atoms with Crippen LogP contribution in [-0.4, -0.2) is 29.1 Å². The maximum absolute atomic E-state index is 12.4. The van der Waals surface area contributed by atoms with Crippen molar-refractivity contribution in [2.24, 2.45) is 4.99 Å². The summed E-state index contributed by atoms with van der Waals surface area (Å²) < 4.78 is 0. The van der Waals surface area contributed by atoms with E-state index in [-0.39, 0.29) is 11.4 Å². The summed E-state index contributed by atoms with van der Waals surface area (Å²) in [5.41, 5.74) is 1.34. The highest BCUT2D eigenvalue weighted by molar-refractivity contribution is 6.03. The fraction of sp³-hybridized carbons (Fsp3) is 0.385. The van der Waals surface area contributed by atoms with E-state index in [4.69, 9.17) is 0 Å². The Morgan fingerprint density at radius 1 is 1.38 bits per heavy atom. The molecule has 3 rings (SSSR count). The molecule has 1 amide bonds. The van der Waals surface area contributed by atoms with Gasteiger partial charge in [0.25, 0.3) is 5.91 Å². The molecular formula is C13H14N2O. The number of fused-ring (bicyclic) bond motifs is 2. The number of carbonyl (C=O) groups excluding carboxylic acids is 1. The van der Waals surface area contributed by atoms with Crippen LogP contribution in [0.25, 0.3) is 0 Å². The Bertz CT molecular complexity index is 481. The number of para-hydroxylation sites is 1. The maximum atomic E-state index is 12.4. The van der Waals surface area contributed by atoms with Crippen LogP contribution in [0.1, 0.15) is 30.1 Å². The first-order valence-corrected chi connectivity index (χ1v) is 5.67. The lowest BCUT2D eigenvalue weighted by atomic mass is 10.0. The quantitative estimate of drug-likeness (QED) is 0.652. The molecular weight excluding hydrogens is 200 g/mol. The molecule has 2 aliphatic rings. The summed E-state index contributed by atoms with van der Waals surface area (Å²) in [5, 5.41) is 0. The zero-order valence-electron chi connectivity index (χ0n) is 9.31. The Morgan fingerprint density at radius 2 is 2.19 bits per heavy atom. The summed E-state index contributed by atoms with van der Waals surface area (Å²) in [5.74, 6) is 0.119. The average molecular weight is 214 g/mol. The highest BCUT2D eigenvalue weighted by Gasteiger charge is 2.40. The van der Waals surface area contributed by atoms with Gasteiger partial charge in [0.05, 0.1) is 16.8 Å². The van der Waals surface area contributed by atoms with Crippen LogP contribution in [0.15, 0.2) is 29.3 Å². The molecule has 0 unspecified atom stereocenters. The first-order chi connectivity index (χ1) is 7.71. The maximum Gasteiger partial charge on any atom is 0.256 e. The molecule has 0 saturated carbocycles. The van der Waals surface area contributed by atoms with Crippen molar-refractivity contribution in [2.75, 3.05) is 6.54 Å². The highest BCUT2D eigenvalue weighted by atomic mass is 16.2. The van der Waals surface area contributed by atoms with E-state index in [0.29, 0.717) is 0 Å². The zero-order chi connectivity index (χ0) is 11.2. The molecule has 1 aromatic carbocycles. The molecule has 2 aliphatic heterocycles. The zero-order valence-corrected chi connectivity index (χ0v) is 9.31. The van der Waals surface area contributed by atoms with Gasteiger partial charge in [-0.15, -0.1) is 0 Å². The minimum Gasteiger partial charge on any atom is -0.328 e. The van der Waals surface area contributed by atoms with Gasteiger partial charge in [-0.25, -0.2) is 0 Å². The Kier molecular flexibility index (Phi) is 1.90. The Balaban J connectivity index is 2.16. The number of hydrogen-bond donors (Lipinski definition) is 0. The molecule has 16 heavy (non-hydrogen) atoms. The Hall–Kier alpha value is -1.64. The molecule has 2 heterocycles. The second-order valence-corrected chi connectivity index (χ2v) is 4.69. The summed E-state index contributed by atoms with van der Waals surface area (Å²) in [6, 6.07) is 7.57. The lowest BCUT2D eigenvalue weighted by Gasteiger charge is -2.30. The number of aliphatic imine (C=N–C) groups is 1. The van der Waals surface area contributed by atoms with Gasteiger partial charge < -0.3 is 4.90 Å². The van der Waals surface area contributed by atoms with Crippen LogP contribution in [-0.2, 0) is 0 Å². The van der Waals surface area contributed by atoms with E-state index in [0.717, 1.165) is 30.6 Å². The third-order valence-corrected chi connectivity index (χ3v) is 3.54. The third-order valence-electron chi connectivity index (χ3n) is 3.54. The summed E-state index contributed by atoms with van der Waals surface area (Å²) in [4.78, 5) is 18.8. The molecule has 0 spiro atoms. The number of carbonyl (C=O) groups is 1. The predicted molar refractivity (Wildman–Crippen MR) is 63.3 cm³/mol. The fourth-order valence-electron chi connectivity index (χ4n) is 2.57. The third kappa shape index (κ3) is 1.21. The van der Waals surface area contributed by atoms with Crippen LogP contribution in [0.3, 0.4) is 0 Å². The van der Waals surface area contributed by atoms with Gasteiger partial charge in [-0.05, 0) is 31.9 Å². The standard InChI is InChI=1S/C13H14N2O/c1-13-7-4-8-15(13)12(16)10-5-2-3-6-11(10)14-9-13/h2-3,5-6,9H,4,7-8H2,1H3/t13-/m0/s1. The first-order valence-electron chi connectivity index (χ1n) is 5.67. The second kappa shape index (κ2) is 3.17. The number of hydrogen-bond acceptors (Lipinski definition) is 2. The smallest absolute Gasteiger partial charge is 0.256 e. The summed E-state index contributed by atoms with van der Waals surface area (Å²) in [6.45, 7) is 2.93.